The molecule has 0 aliphatic heterocycles. The first kappa shape index (κ1) is 109. The maximum Gasteiger partial charge on any atom is 3.00 e. The molecule has 10 aromatic carbocycles. The molecule has 118 heavy (non-hydrogen) atoms. The van der Waals surface area contributed by atoms with E-state index in [0.717, 1.165) is 77.8 Å². The molecule has 0 amide bonds. The van der Waals surface area contributed by atoms with Crippen LogP contribution < -0.4 is 0 Å². The van der Waals surface area contributed by atoms with Crippen LogP contribution in [0.1, 0.15) is 321 Å². The SMILES string of the molecule is CC(C)c1cccc(C(C)C)c1N=C([N-]c1c(C(C)C)cccc1C(C)C)c1ccccc1.CC(C)c1cccc(C(C)C)c1N=C([N-]c1c(C(C)C)cccc1C(C)C)c1ccccc1.CC(C)c1cccc(C(C)C)c1N=C([N-]c1c(C(C)C)cccc1C(C)C)c1ccccc1.C[S-].Cp1c([S-])c([S-])c2ccccc21.[CH3-].[S-2].[Y+3].[Y+3].[Y+3]. The van der Waals surface area contributed by atoms with Gasteiger partial charge in [-0.1, -0.05) is 408 Å². The Balaban J connectivity index is 0.000000542. The minimum atomic E-state index is -0.291. The zero-order chi connectivity index (χ0) is 83.1. The van der Waals surface area contributed by atoms with Gasteiger partial charge in [0.25, 0.3) is 0 Å². The van der Waals surface area contributed by atoms with Crippen molar-refractivity contribution in [3.63, 3.8) is 0 Å². The normalized spacial score (nSPS) is 11.6. The van der Waals surface area contributed by atoms with Crippen LogP contribution in [0.3, 0.4) is 0 Å². The molecule has 0 aliphatic rings. The van der Waals surface area contributed by atoms with Gasteiger partial charge >= 0.3 is 98.1 Å². The first-order valence-electron chi connectivity index (χ1n) is 41.0. The van der Waals surface area contributed by atoms with E-state index in [-0.39, 0.29) is 127 Å². The Kier molecular flexibility index (Phi) is 49.3. The number of nitrogens with zero attached hydrogens (tertiary/aromatic N) is 6. The molecule has 0 aliphatic carbocycles. The number of hydrogen-bond acceptors (Lipinski definition) is 6. The van der Waals surface area contributed by atoms with Crippen LogP contribution in [0, 0.1) is 7.43 Å². The van der Waals surface area contributed by atoms with Gasteiger partial charge in [0.05, 0.1) is 0 Å². The number of rotatable bonds is 21. The number of aliphatic imine (C=N–C) groups is 3. The van der Waals surface area contributed by atoms with Crippen LogP contribution in [0.25, 0.3) is 26.5 Å². The molecule has 11 rings (SSSR count). The largest absolute Gasteiger partial charge is 3.00 e. The van der Waals surface area contributed by atoms with Gasteiger partial charge in [0.2, 0.25) is 0 Å². The van der Waals surface area contributed by atoms with E-state index < -0.39 is 0 Å². The van der Waals surface area contributed by atoms with Gasteiger partial charge in [-0.3, -0.25) is 0 Å². The van der Waals surface area contributed by atoms with E-state index in [1.165, 1.54) is 77.3 Å². The average molecular weight is 1890 g/mol. The summed E-state index contributed by atoms with van der Waals surface area (Å²) >= 11 is 14.6. The molecule has 1 atom stereocenters. The summed E-state index contributed by atoms with van der Waals surface area (Å²) in [6.07, 6.45) is 1.58. The van der Waals surface area contributed by atoms with Crippen molar-refractivity contribution in [3.8, 4) is 0 Å². The molecule has 6 nitrogen and oxygen atoms in total. The zero-order valence-corrected chi connectivity index (χ0v) is 88.5. The molecule has 614 valence electrons. The van der Waals surface area contributed by atoms with Crippen molar-refractivity contribution in [2.24, 2.45) is 21.6 Å². The second-order valence-electron chi connectivity index (χ2n) is 33.0. The molecule has 0 spiro atoms. The van der Waals surface area contributed by atoms with E-state index in [1.807, 2.05) is 30.3 Å². The monoisotopic (exact) mass is 1890 g/mol. The molecule has 1 aromatic heterocycles. The summed E-state index contributed by atoms with van der Waals surface area (Å²) in [5, 5.41) is 18.5. The Labute approximate surface area is 815 Å². The summed E-state index contributed by atoms with van der Waals surface area (Å²) in [6, 6.07) is 78.9. The predicted octanol–water partition coefficient (Wildman–Crippen LogP) is 33.7. The zero-order valence-electron chi connectivity index (χ0n) is 75.8. The topological polar surface area (TPSA) is 79.4 Å². The standard InChI is InChI=1S/3C31H39N2.C9H9PS2.CH4S.CH3.S.3Y/c3*1-20(2)25-16-12-17-26(21(3)4)29(25)32-31(24-14-10-9-11-15-24)33-30-27(22(5)6)18-13-19-28(30)23(7)8;1-10-7-5-3-2-4-6(7)8(11)9(10)12;1-2;;;;;/h3*9-23H,1-8H3;2-5,11-12H,1H3;2H,1H3;1H3;;;;/q3*-1;;;-1;-2;3*+3/p-3. The second-order valence-corrected chi connectivity index (χ2v) is 36.2. The minimum absolute atomic E-state index is 0. The molecule has 0 radical (unpaired) electrons. The van der Waals surface area contributed by atoms with Crippen LogP contribution in [-0.4, -0.2) is 23.8 Å². The van der Waals surface area contributed by atoms with Crippen LogP contribution in [0.15, 0.2) is 249 Å². The number of benzene rings is 10. The number of hydrogen-bond donors (Lipinski definition) is 0. The third-order valence-electron chi connectivity index (χ3n) is 20.5. The van der Waals surface area contributed by atoms with Crippen LogP contribution in [0.4, 0.5) is 34.1 Å². The second kappa shape index (κ2) is 53.3. The fourth-order valence-corrected chi connectivity index (χ4v) is 16.6. The molecule has 0 saturated carbocycles. The van der Waals surface area contributed by atoms with Crippen LogP contribution in [0.5, 0.6) is 0 Å². The molecule has 1 unspecified atom stereocenters. The summed E-state index contributed by atoms with van der Waals surface area (Å²) in [5.41, 5.74) is 24.8. The van der Waals surface area contributed by atoms with E-state index in [4.69, 9.17) is 56.2 Å². The van der Waals surface area contributed by atoms with E-state index in [1.54, 1.807) is 6.26 Å². The van der Waals surface area contributed by atoms with E-state index >= 15 is 0 Å². The van der Waals surface area contributed by atoms with Crippen molar-refractivity contribution in [1.29, 1.82) is 0 Å². The van der Waals surface area contributed by atoms with Crippen molar-refractivity contribution in [1.82, 2.24) is 0 Å². The van der Waals surface area contributed by atoms with Crippen LogP contribution >= 0.6 is 7.53 Å². The third kappa shape index (κ3) is 29.4. The summed E-state index contributed by atoms with van der Waals surface area (Å²) in [4.78, 5) is 16.8. The first-order valence-corrected chi connectivity index (χ1v) is 44.4. The Hall–Kier alpha value is -4.90. The van der Waals surface area contributed by atoms with Gasteiger partial charge in [0, 0.05) is 0 Å². The number of fused-ring (bicyclic) bond motifs is 1. The summed E-state index contributed by atoms with van der Waals surface area (Å²) in [7, 11) is -0.291. The van der Waals surface area contributed by atoms with Crippen molar-refractivity contribution >= 4 is 121 Å². The fourth-order valence-electron chi connectivity index (χ4n) is 14.0. The third-order valence-corrected chi connectivity index (χ3v) is 24.1. The molecular formula is C104H130N6PS4Y3. The van der Waals surface area contributed by atoms with Gasteiger partial charge in [-0.15, -0.1) is 7.53 Å². The molecule has 0 N–H and O–H groups in total. The van der Waals surface area contributed by atoms with E-state index in [0.29, 0.717) is 71.0 Å². The molecule has 0 fully saturated rings. The van der Waals surface area contributed by atoms with E-state index in [9.17, 15) is 0 Å². The predicted molar refractivity (Wildman–Crippen MR) is 521 cm³/mol. The van der Waals surface area contributed by atoms with Gasteiger partial charge in [-0.05, 0) is 206 Å². The fraction of sp³-hybridized carbons (Fsp3) is 0.365. The van der Waals surface area contributed by atoms with Crippen molar-refractivity contribution in [2.75, 3.05) is 6.26 Å². The summed E-state index contributed by atoms with van der Waals surface area (Å²) < 4.78 is 0.987. The maximum atomic E-state index is 5.32. The minimum Gasteiger partial charge on any atom is -2.00 e. The molecule has 0 saturated heterocycles. The van der Waals surface area contributed by atoms with Crippen LogP contribution in [-0.2, 0) is 156 Å². The van der Waals surface area contributed by atoms with Crippen molar-refractivity contribution in [3.05, 3.63) is 331 Å². The Morgan fingerprint density at radius 3 is 0.627 bits per heavy atom. The molecule has 0 bridgehead atoms. The van der Waals surface area contributed by atoms with Gasteiger partial charge in [-0.2, -0.15) is 15.8 Å². The van der Waals surface area contributed by atoms with Crippen molar-refractivity contribution in [2.45, 2.75) is 247 Å². The van der Waals surface area contributed by atoms with Gasteiger partial charge in [-0.25, -0.2) is 0 Å². The maximum absolute atomic E-state index is 5.32. The van der Waals surface area contributed by atoms with Gasteiger partial charge < -0.3 is 89.7 Å². The quantitative estimate of drug-likeness (QED) is 0.0311. The van der Waals surface area contributed by atoms with Crippen molar-refractivity contribution < 1.29 is 98.1 Å². The average Bonchev–Trinajstić information content (AvgIpc) is 1.80. The summed E-state index contributed by atoms with van der Waals surface area (Å²) in [6.45, 7) is 55.9. The summed E-state index contributed by atoms with van der Waals surface area (Å²) in [5.74, 6) is 6.93. The first-order chi connectivity index (χ1) is 53.8. The number of para-hydroxylation sites is 6. The smallest absolute Gasteiger partial charge is 2.00 e. The number of aryl methyl sites for hydroxylation is 1. The molecule has 11 aromatic rings. The Morgan fingerprint density at radius 1 is 0.263 bits per heavy atom. The Bertz CT molecular complexity index is 4320. The molecule has 1 heterocycles. The number of amidine groups is 3. The van der Waals surface area contributed by atoms with Crippen LogP contribution in [0.2, 0.25) is 0 Å². The van der Waals surface area contributed by atoms with Gasteiger partial charge in [0.1, 0.15) is 0 Å². The van der Waals surface area contributed by atoms with E-state index in [2.05, 4.69) is 380 Å². The molecular weight excluding hydrogens is 1760 g/mol. The molecule has 14 heteroatoms. The Morgan fingerprint density at radius 2 is 0.441 bits per heavy atom. The van der Waals surface area contributed by atoms with Gasteiger partial charge in [0.15, 0.2) is 0 Å².